The molecule has 0 radical (unpaired) electrons. The van der Waals surface area contributed by atoms with Crippen LogP contribution in [0.25, 0.3) is 0 Å². The second-order valence-corrected chi connectivity index (χ2v) is 3.74. The molecule has 0 aromatic rings. The summed E-state index contributed by atoms with van der Waals surface area (Å²) in [7, 11) is 3.37. The quantitative estimate of drug-likeness (QED) is 0.277. The summed E-state index contributed by atoms with van der Waals surface area (Å²) in [6.07, 6.45) is -0.534. The topological polar surface area (TPSA) is 87.8 Å². The smallest absolute Gasteiger partial charge is 0.237 e. The van der Waals surface area contributed by atoms with E-state index < -0.39 is 6.10 Å². The zero-order valence-corrected chi connectivity index (χ0v) is 9.56. The molecule has 0 spiro atoms. The third-order valence-electron chi connectivity index (χ3n) is 2.06. The number of nitrogens with zero attached hydrogens (tertiary/aromatic N) is 1. The number of hydrogen-bond acceptors (Lipinski definition) is 5. The van der Waals surface area contributed by atoms with E-state index in [1.165, 1.54) is 7.11 Å². The van der Waals surface area contributed by atoms with Gasteiger partial charge in [-0.2, -0.15) is 0 Å². The van der Waals surface area contributed by atoms with E-state index in [1.54, 1.807) is 6.92 Å². The number of aliphatic hydroxyl groups is 1. The highest BCUT2D eigenvalue weighted by Crippen LogP contribution is 1.99. The van der Waals surface area contributed by atoms with Gasteiger partial charge in [-0.05, 0) is 7.05 Å². The Morgan fingerprint density at radius 3 is 2.67 bits per heavy atom. The van der Waals surface area contributed by atoms with Crippen molar-refractivity contribution < 1.29 is 14.6 Å². The van der Waals surface area contributed by atoms with Gasteiger partial charge in [-0.1, -0.05) is 6.92 Å². The molecule has 0 aromatic carbocycles. The number of ether oxygens (including phenoxy) is 1. The van der Waals surface area contributed by atoms with Gasteiger partial charge < -0.3 is 14.7 Å². The van der Waals surface area contributed by atoms with Gasteiger partial charge in [0.05, 0.1) is 12.7 Å². The van der Waals surface area contributed by atoms with Gasteiger partial charge in [-0.3, -0.25) is 10.2 Å². The zero-order chi connectivity index (χ0) is 11.8. The van der Waals surface area contributed by atoms with E-state index >= 15 is 0 Å². The SMILES string of the molecule is COCC(O)CN(C)CC(C)C(=O)NN. The molecule has 0 bridgehead atoms. The summed E-state index contributed by atoms with van der Waals surface area (Å²) in [5.41, 5.74) is 2.10. The fraction of sp³-hybridized carbons (Fsp3) is 0.889. The van der Waals surface area contributed by atoms with Gasteiger partial charge in [0.25, 0.3) is 0 Å². The number of likely N-dealkylation sites (N-methyl/N-ethyl adjacent to an activating group) is 1. The molecule has 0 fully saturated rings. The number of carbonyl (C=O) groups excluding carboxylic acids is 1. The highest BCUT2D eigenvalue weighted by Gasteiger charge is 2.15. The van der Waals surface area contributed by atoms with Crippen molar-refractivity contribution in [3.05, 3.63) is 0 Å². The number of amides is 1. The van der Waals surface area contributed by atoms with Gasteiger partial charge in [0, 0.05) is 26.1 Å². The summed E-state index contributed by atoms with van der Waals surface area (Å²) < 4.78 is 4.80. The number of aliphatic hydroxyl groups excluding tert-OH is 1. The summed E-state index contributed by atoms with van der Waals surface area (Å²) in [6.45, 7) is 3.09. The molecule has 0 rings (SSSR count). The Labute approximate surface area is 90.3 Å². The maximum absolute atomic E-state index is 11.1. The van der Waals surface area contributed by atoms with Crippen LogP contribution in [0.4, 0.5) is 0 Å². The number of hydrogen-bond donors (Lipinski definition) is 3. The molecule has 0 aliphatic heterocycles. The number of methoxy groups -OCH3 is 1. The maximum Gasteiger partial charge on any atom is 0.237 e. The third kappa shape index (κ3) is 6.40. The van der Waals surface area contributed by atoms with Gasteiger partial charge in [0.15, 0.2) is 0 Å². The molecule has 0 saturated carbocycles. The van der Waals surface area contributed by atoms with E-state index in [4.69, 9.17) is 10.6 Å². The van der Waals surface area contributed by atoms with E-state index in [0.717, 1.165) is 0 Å². The largest absolute Gasteiger partial charge is 0.389 e. The highest BCUT2D eigenvalue weighted by molar-refractivity contribution is 5.77. The molecule has 1 amide bonds. The first kappa shape index (κ1) is 14.3. The monoisotopic (exact) mass is 219 g/mol. The van der Waals surface area contributed by atoms with Crippen molar-refractivity contribution in [2.45, 2.75) is 13.0 Å². The van der Waals surface area contributed by atoms with E-state index in [0.29, 0.717) is 19.7 Å². The number of nitrogens with one attached hydrogen (secondary N) is 1. The number of hydrazine groups is 1. The molecule has 4 N–H and O–H groups in total. The Bertz CT molecular complexity index is 189. The maximum atomic E-state index is 11.1. The molecule has 6 nitrogen and oxygen atoms in total. The van der Waals surface area contributed by atoms with E-state index in [1.807, 2.05) is 11.9 Å². The Balaban J connectivity index is 3.81. The first-order valence-corrected chi connectivity index (χ1v) is 4.87. The normalized spacial score (nSPS) is 15.1. The van der Waals surface area contributed by atoms with Crippen LogP contribution in [0.5, 0.6) is 0 Å². The minimum atomic E-state index is -0.534. The molecule has 0 aliphatic rings. The lowest BCUT2D eigenvalue weighted by Crippen LogP contribution is -2.41. The Kier molecular flexibility index (Phi) is 7.23. The standard InChI is InChI=1S/C9H21N3O3/c1-7(9(14)11-10)4-12(2)5-8(13)6-15-3/h7-8,13H,4-6,10H2,1-3H3,(H,11,14). The molecule has 0 heterocycles. The van der Waals surface area contributed by atoms with Crippen LogP contribution in [0.1, 0.15) is 6.92 Å². The summed E-state index contributed by atoms with van der Waals surface area (Å²) in [6, 6.07) is 0. The number of carbonyl (C=O) groups is 1. The van der Waals surface area contributed by atoms with Crippen molar-refractivity contribution in [1.82, 2.24) is 10.3 Å². The molecule has 0 saturated heterocycles. The average molecular weight is 219 g/mol. The van der Waals surface area contributed by atoms with Gasteiger partial charge in [0.1, 0.15) is 0 Å². The van der Waals surface area contributed by atoms with Crippen LogP contribution in [0.2, 0.25) is 0 Å². The van der Waals surface area contributed by atoms with Crippen LogP contribution in [-0.2, 0) is 9.53 Å². The Morgan fingerprint density at radius 1 is 1.60 bits per heavy atom. The molecular formula is C9H21N3O3. The minimum absolute atomic E-state index is 0.199. The molecule has 0 aromatic heterocycles. The molecular weight excluding hydrogens is 198 g/mol. The van der Waals surface area contributed by atoms with Crippen molar-refractivity contribution in [3.63, 3.8) is 0 Å². The van der Waals surface area contributed by atoms with Gasteiger partial charge >= 0.3 is 0 Å². The Hall–Kier alpha value is -0.690. The van der Waals surface area contributed by atoms with Crippen LogP contribution >= 0.6 is 0 Å². The van der Waals surface area contributed by atoms with Crippen LogP contribution in [0.3, 0.4) is 0 Å². The Morgan fingerprint density at radius 2 is 2.20 bits per heavy atom. The van der Waals surface area contributed by atoms with Gasteiger partial charge in [0.2, 0.25) is 5.91 Å². The molecule has 2 atom stereocenters. The zero-order valence-electron chi connectivity index (χ0n) is 9.56. The van der Waals surface area contributed by atoms with Crippen LogP contribution in [0.15, 0.2) is 0 Å². The second kappa shape index (κ2) is 7.58. The first-order valence-electron chi connectivity index (χ1n) is 4.87. The van der Waals surface area contributed by atoms with E-state index in [9.17, 15) is 9.90 Å². The lowest BCUT2D eigenvalue weighted by Gasteiger charge is -2.22. The summed E-state index contributed by atoms with van der Waals surface area (Å²) in [5.74, 6) is 4.61. The molecule has 90 valence electrons. The van der Waals surface area contributed by atoms with Crippen molar-refractivity contribution in [1.29, 1.82) is 0 Å². The van der Waals surface area contributed by atoms with E-state index in [2.05, 4.69) is 5.43 Å². The number of rotatable bonds is 7. The predicted molar refractivity (Wildman–Crippen MR) is 56.9 cm³/mol. The summed E-state index contributed by atoms with van der Waals surface area (Å²) in [4.78, 5) is 13.0. The van der Waals surface area contributed by atoms with Crippen molar-refractivity contribution in [3.8, 4) is 0 Å². The fourth-order valence-electron chi connectivity index (χ4n) is 1.37. The van der Waals surface area contributed by atoms with Crippen LogP contribution in [0, 0.1) is 5.92 Å². The third-order valence-corrected chi connectivity index (χ3v) is 2.06. The van der Waals surface area contributed by atoms with Gasteiger partial charge in [-0.15, -0.1) is 0 Å². The lowest BCUT2D eigenvalue weighted by atomic mass is 10.1. The predicted octanol–water partition coefficient (Wildman–Crippen LogP) is -1.45. The molecule has 15 heavy (non-hydrogen) atoms. The van der Waals surface area contributed by atoms with E-state index in [-0.39, 0.29) is 11.8 Å². The first-order chi connectivity index (χ1) is 7.01. The van der Waals surface area contributed by atoms with Crippen molar-refractivity contribution in [2.75, 3.05) is 33.9 Å². The lowest BCUT2D eigenvalue weighted by molar-refractivity contribution is -0.125. The van der Waals surface area contributed by atoms with Crippen molar-refractivity contribution >= 4 is 5.91 Å². The highest BCUT2D eigenvalue weighted by atomic mass is 16.5. The number of nitrogens with two attached hydrogens (primary N) is 1. The van der Waals surface area contributed by atoms with Gasteiger partial charge in [-0.25, -0.2) is 5.84 Å². The van der Waals surface area contributed by atoms with Crippen LogP contribution < -0.4 is 11.3 Å². The molecule has 6 heteroatoms. The second-order valence-electron chi connectivity index (χ2n) is 3.74. The van der Waals surface area contributed by atoms with Crippen molar-refractivity contribution in [2.24, 2.45) is 11.8 Å². The average Bonchev–Trinajstić information content (AvgIpc) is 2.16. The van der Waals surface area contributed by atoms with Crippen LogP contribution in [-0.4, -0.2) is 55.9 Å². The summed E-state index contributed by atoms with van der Waals surface area (Å²) >= 11 is 0. The minimum Gasteiger partial charge on any atom is -0.389 e. The molecule has 0 aliphatic carbocycles. The fourth-order valence-corrected chi connectivity index (χ4v) is 1.37. The summed E-state index contributed by atoms with van der Waals surface area (Å²) in [5, 5.41) is 9.44. The molecule has 2 unspecified atom stereocenters.